The molecular weight excluding hydrogens is 384 g/mol. The van der Waals surface area contributed by atoms with E-state index in [1.165, 1.54) is 16.3 Å². The number of aromatic nitrogens is 4. The van der Waals surface area contributed by atoms with Gasteiger partial charge >= 0.3 is 0 Å². The number of benzene rings is 2. The van der Waals surface area contributed by atoms with Crippen LogP contribution in [0, 0.1) is 13.8 Å². The van der Waals surface area contributed by atoms with E-state index >= 15 is 0 Å². The molecule has 0 aliphatic rings. The van der Waals surface area contributed by atoms with Gasteiger partial charge in [0.1, 0.15) is 0 Å². The number of carbonyl (C=O) groups excluding carboxylic acids is 1. The topological polar surface area (TPSA) is 69.3 Å². The first kappa shape index (κ1) is 19.1. The first-order valence-electron chi connectivity index (χ1n) is 9.22. The number of aryl methyl sites for hydroxylation is 2. The minimum Gasteiger partial charge on any atom is -0.293 e. The molecule has 146 valence electrons. The highest BCUT2D eigenvalue weighted by Gasteiger charge is 2.17. The van der Waals surface area contributed by atoms with Crippen LogP contribution in [0.5, 0.6) is 0 Å². The SMILES string of the molecule is C=CCn1c(=O)c2ccccc2n2c(SCC(=O)c3ccc(C)c(C)c3)nnc12. The summed E-state index contributed by atoms with van der Waals surface area (Å²) in [5.41, 5.74) is 3.52. The molecule has 7 heteroatoms. The van der Waals surface area contributed by atoms with Gasteiger partial charge in [0, 0.05) is 12.1 Å². The average molecular weight is 404 g/mol. The van der Waals surface area contributed by atoms with Gasteiger partial charge in [-0.25, -0.2) is 0 Å². The van der Waals surface area contributed by atoms with E-state index in [0.29, 0.717) is 28.4 Å². The van der Waals surface area contributed by atoms with Crippen molar-refractivity contribution in [3.8, 4) is 0 Å². The summed E-state index contributed by atoms with van der Waals surface area (Å²) in [6.07, 6.45) is 1.65. The van der Waals surface area contributed by atoms with Gasteiger partial charge in [-0.2, -0.15) is 0 Å². The van der Waals surface area contributed by atoms with Crippen molar-refractivity contribution in [1.29, 1.82) is 0 Å². The van der Waals surface area contributed by atoms with E-state index in [2.05, 4.69) is 16.8 Å². The fourth-order valence-corrected chi connectivity index (χ4v) is 4.08. The predicted molar refractivity (Wildman–Crippen MR) is 116 cm³/mol. The molecule has 0 aliphatic heterocycles. The molecule has 6 nitrogen and oxygen atoms in total. The first-order chi connectivity index (χ1) is 14.0. The van der Waals surface area contributed by atoms with Gasteiger partial charge in [0.2, 0.25) is 5.78 Å². The van der Waals surface area contributed by atoms with Gasteiger partial charge in [0.15, 0.2) is 10.9 Å². The number of carbonyl (C=O) groups is 1. The van der Waals surface area contributed by atoms with Crippen LogP contribution in [-0.4, -0.2) is 30.7 Å². The van der Waals surface area contributed by atoms with Crippen LogP contribution in [-0.2, 0) is 6.54 Å². The minimum atomic E-state index is -0.136. The summed E-state index contributed by atoms with van der Waals surface area (Å²) in [5, 5.41) is 9.63. The van der Waals surface area contributed by atoms with Gasteiger partial charge < -0.3 is 0 Å². The van der Waals surface area contributed by atoms with Crippen molar-refractivity contribution < 1.29 is 4.79 Å². The summed E-state index contributed by atoms with van der Waals surface area (Å²) in [6, 6.07) is 13.1. The molecule has 2 aromatic carbocycles. The Kier molecular flexibility index (Phi) is 5.07. The van der Waals surface area contributed by atoms with E-state index in [9.17, 15) is 9.59 Å². The second-order valence-corrected chi connectivity index (χ2v) is 7.79. The zero-order valence-corrected chi connectivity index (χ0v) is 17.1. The highest BCUT2D eigenvalue weighted by atomic mass is 32.2. The van der Waals surface area contributed by atoms with Crippen molar-refractivity contribution in [2.45, 2.75) is 25.5 Å². The van der Waals surface area contributed by atoms with Crippen molar-refractivity contribution in [2.24, 2.45) is 0 Å². The first-order valence-corrected chi connectivity index (χ1v) is 10.2. The van der Waals surface area contributed by atoms with Crippen molar-refractivity contribution in [3.05, 3.63) is 82.2 Å². The number of hydrogen-bond donors (Lipinski definition) is 0. The molecule has 4 aromatic rings. The number of allylic oxidation sites excluding steroid dienone is 1. The summed E-state index contributed by atoms with van der Waals surface area (Å²) in [5.74, 6) is 0.700. The molecule has 2 aromatic heterocycles. The van der Waals surface area contributed by atoms with Gasteiger partial charge in [-0.3, -0.25) is 18.6 Å². The van der Waals surface area contributed by atoms with Crippen LogP contribution < -0.4 is 5.56 Å². The summed E-state index contributed by atoms with van der Waals surface area (Å²) < 4.78 is 3.37. The molecule has 0 aliphatic carbocycles. The maximum absolute atomic E-state index is 12.8. The second-order valence-electron chi connectivity index (χ2n) is 6.85. The van der Waals surface area contributed by atoms with Crippen LogP contribution in [0.25, 0.3) is 16.7 Å². The van der Waals surface area contributed by atoms with Gasteiger partial charge in [-0.15, -0.1) is 16.8 Å². The van der Waals surface area contributed by atoms with Gasteiger partial charge in [0.05, 0.1) is 16.7 Å². The number of nitrogens with zero attached hydrogens (tertiary/aromatic N) is 4. The molecule has 0 atom stereocenters. The van der Waals surface area contributed by atoms with E-state index in [1.54, 1.807) is 12.1 Å². The molecule has 0 N–H and O–H groups in total. The normalized spacial score (nSPS) is 11.2. The van der Waals surface area contributed by atoms with E-state index in [1.807, 2.05) is 54.6 Å². The number of fused-ring (bicyclic) bond motifs is 3. The molecular formula is C22H20N4O2S. The second kappa shape index (κ2) is 7.67. The molecule has 0 spiro atoms. The smallest absolute Gasteiger partial charge is 0.263 e. The summed E-state index contributed by atoms with van der Waals surface area (Å²) in [6.45, 7) is 8.08. The Morgan fingerprint density at radius 1 is 1.14 bits per heavy atom. The quantitative estimate of drug-likeness (QED) is 0.278. The fourth-order valence-electron chi connectivity index (χ4n) is 3.25. The number of para-hydroxylation sites is 1. The molecule has 0 amide bonds. The summed E-state index contributed by atoms with van der Waals surface area (Å²) in [4.78, 5) is 25.5. The largest absolute Gasteiger partial charge is 0.293 e. The number of ketones is 1. The lowest BCUT2D eigenvalue weighted by molar-refractivity contribution is 0.102. The van der Waals surface area contributed by atoms with Crippen molar-refractivity contribution >= 4 is 34.2 Å². The Morgan fingerprint density at radius 2 is 1.93 bits per heavy atom. The lowest BCUT2D eigenvalue weighted by atomic mass is 10.0. The Labute approximate surface area is 171 Å². The third kappa shape index (κ3) is 3.38. The van der Waals surface area contributed by atoms with E-state index in [-0.39, 0.29) is 17.1 Å². The monoisotopic (exact) mass is 404 g/mol. The summed E-state index contributed by atoms with van der Waals surface area (Å²) in [7, 11) is 0. The number of hydrogen-bond acceptors (Lipinski definition) is 5. The molecule has 0 unspecified atom stereocenters. The maximum Gasteiger partial charge on any atom is 0.263 e. The van der Waals surface area contributed by atoms with Gasteiger partial charge in [0.25, 0.3) is 5.56 Å². The van der Waals surface area contributed by atoms with Crippen molar-refractivity contribution in [3.63, 3.8) is 0 Å². The molecule has 2 heterocycles. The van der Waals surface area contributed by atoms with E-state index in [0.717, 1.165) is 16.6 Å². The summed E-state index contributed by atoms with van der Waals surface area (Å²) >= 11 is 1.32. The lowest BCUT2D eigenvalue weighted by Gasteiger charge is -2.09. The molecule has 0 saturated carbocycles. The van der Waals surface area contributed by atoms with Crippen molar-refractivity contribution in [1.82, 2.24) is 19.2 Å². The highest BCUT2D eigenvalue weighted by molar-refractivity contribution is 7.99. The van der Waals surface area contributed by atoms with E-state index < -0.39 is 0 Å². The Bertz CT molecular complexity index is 1320. The molecule has 0 fully saturated rings. The van der Waals surface area contributed by atoms with E-state index in [4.69, 9.17) is 0 Å². The van der Waals surface area contributed by atoms with Gasteiger partial charge in [-0.05, 0) is 43.2 Å². The van der Waals surface area contributed by atoms with Crippen LogP contribution in [0.3, 0.4) is 0 Å². The van der Waals surface area contributed by atoms with Crippen LogP contribution in [0.1, 0.15) is 21.5 Å². The predicted octanol–water partition coefficient (Wildman–Crippen LogP) is 3.82. The maximum atomic E-state index is 12.8. The molecule has 0 saturated heterocycles. The van der Waals surface area contributed by atoms with Crippen LogP contribution in [0.2, 0.25) is 0 Å². The Hall–Kier alpha value is -3.19. The minimum absolute atomic E-state index is 0.0265. The van der Waals surface area contributed by atoms with Gasteiger partial charge in [-0.1, -0.05) is 42.1 Å². The fraction of sp³-hybridized carbons (Fsp3) is 0.182. The average Bonchev–Trinajstić information content (AvgIpc) is 3.15. The van der Waals surface area contributed by atoms with Crippen LogP contribution >= 0.6 is 11.8 Å². The zero-order chi connectivity index (χ0) is 20.5. The molecule has 0 bridgehead atoms. The third-order valence-electron chi connectivity index (χ3n) is 4.95. The third-order valence-corrected chi connectivity index (χ3v) is 5.88. The Balaban J connectivity index is 1.75. The highest BCUT2D eigenvalue weighted by Crippen LogP contribution is 2.23. The standard InChI is InChI=1S/C22H20N4O2S/c1-4-11-25-20(28)17-7-5-6-8-18(17)26-21(25)23-24-22(26)29-13-19(27)16-10-9-14(2)15(3)12-16/h4-10,12H,1,11,13H2,2-3H3. The van der Waals surface area contributed by atoms with Crippen LogP contribution in [0.4, 0.5) is 0 Å². The lowest BCUT2D eigenvalue weighted by Crippen LogP contribution is -2.22. The Morgan fingerprint density at radius 3 is 2.69 bits per heavy atom. The number of rotatable bonds is 6. The zero-order valence-electron chi connectivity index (χ0n) is 16.3. The number of Topliss-reactive ketones (excluding diaryl/α,β-unsaturated/α-hetero) is 1. The molecule has 29 heavy (non-hydrogen) atoms. The number of thioether (sulfide) groups is 1. The van der Waals surface area contributed by atoms with Crippen molar-refractivity contribution in [2.75, 3.05) is 5.75 Å². The molecule has 0 radical (unpaired) electrons. The molecule has 4 rings (SSSR count). The van der Waals surface area contributed by atoms with Crippen LogP contribution in [0.15, 0.2) is 65.1 Å².